The van der Waals surface area contributed by atoms with Gasteiger partial charge in [0.25, 0.3) is 5.91 Å². The van der Waals surface area contributed by atoms with Gasteiger partial charge < -0.3 is 10.6 Å². The lowest BCUT2D eigenvalue weighted by Crippen LogP contribution is -2.38. The first-order chi connectivity index (χ1) is 8.66. The van der Waals surface area contributed by atoms with Gasteiger partial charge in [0, 0.05) is 12.1 Å². The molecule has 0 bridgehead atoms. The van der Waals surface area contributed by atoms with Crippen molar-refractivity contribution in [3.63, 3.8) is 0 Å². The van der Waals surface area contributed by atoms with Crippen molar-refractivity contribution in [1.82, 2.24) is 10.6 Å². The fraction of sp³-hybridized carbons (Fsp3) is 0.500. The van der Waals surface area contributed by atoms with E-state index in [0.29, 0.717) is 18.0 Å². The Hall–Kier alpha value is -1.13. The van der Waals surface area contributed by atoms with Gasteiger partial charge in [0.1, 0.15) is 5.82 Å². The summed E-state index contributed by atoms with van der Waals surface area (Å²) in [7, 11) is 0. The first-order valence-electron chi connectivity index (χ1n) is 6.42. The van der Waals surface area contributed by atoms with Crippen LogP contribution in [0.2, 0.25) is 0 Å². The molecule has 2 rings (SSSR count). The van der Waals surface area contributed by atoms with Crippen LogP contribution in [0.4, 0.5) is 4.39 Å². The monoisotopic (exact) mass is 286 g/mol. The Morgan fingerprint density at radius 1 is 1.53 bits per heavy atom. The van der Waals surface area contributed by atoms with Crippen LogP contribution in [-0.2, 0) is 0 Å². The zero-order chi connectivity index (χ0) is 13.0. The number of nitrogens with one attached hydrogen (secondary N) is 2. The normalized spacial score (nSPS) is 18.5. The van der Waals surface area contributed by atoms with Crippen molar-refractivity contribution in [1.29, 1.82) is 0 Å². The number of halogens is 2. The van der Waals surface area contributed by atoms with Crippen molar-refractivity contribution in [2.24, 2.45) is 5.92 Å². The molecule has 1 unspecified atom stereocenters. The summed E-state index contributed by atoms with van der Waals surface area (Å²) in [4.78, 5) is 12.0. The van der Waals surface area contributed by atoms with Crippen LogP contribution < -0.4 is 10.6 Å². The molecule has 0 saturated carbocycles. The number of carbonyl (C=O) groups excluding carboxylic acids is 1. The maximum atomic E-state index is 13.1. The summed E-state index contributed by atoms with van der Waals surface area (Å²) < 4.78 is 13.1. The van der Waals surface area contributed by atoms with Crippen LogP contribution in [0.1, 0.15) is 28.8 Å². The largest absolute Gasteiger partial charge is 0.352 e. The molecule has 1 saturated heterocycles. The number of carbonyl (C=O) groups is 1. The van der Waals surface area contributed by atoms with Crippen LogP contribution in [0, 0.1) is 18.7 Å². The molecule has 1 fully saturated rings. The minimum Gasteiger partial charge on any atom is -0.352 e. The SMILES string of the molecule is Cc1ccc(F)cc1C(=O)NCC1CCCNC1.Cl. The topological polar surface area (TPSA) is 41.1 Å². The van der Waals surface area contributed by atoms with Gasteiger partial charge in [-0.15, -0.1) is 12.4 Å². The molecule has 1 amide bonds. The van der Waals surface area contributed by atoms with E-state index in [-0.39, 0.29) is 24.1 Å². The van der Waals surface area contributed by atoms with Crippen molar-refractivity contribution < 1.29 is 9.18 Å². The third kappa shape index (κ3) is 4.48. The molecule has 1 aliphatic rings. The molecule has 3 nitrogen and oxygen atoms in total. The average Bonchev–Trinajstić information content (AvgIpc) is 2.40. The van der Waals surface area contributed by atoms with Crippen molar-refractivity contribution in [2.75, 3.05) is 19.6 Å². The van der Waals surface area contributed by atoms with Gasteiger partial charge in [-0.1, -0.05) is 6.07 Å². The number of benzene rings is 1. The van der Waals surface area contributed by atoms with E-state index >= 15 is 0 Å². The van der Waals surface area contributed by atoms with Crippen LogP contribution >= 0.6 is 12.4 Å². The fourth-order valence-corrected chi connectivity index (χ4v) is 2.27. The van der Waals surface area contributed by atoms with E-state index in [0.717, 1.165) is 31.5 Å². The second-order valence-corrected chi connectivity index (χ2v) is 4.88. The van der Waals surface area contributed by atoms with Gasteiger partial charge in [-0.3, -0.25) is 4.79 Å². The molecule has 2 N–H and O–H groups in total. The first kappa shape index (κ1) is 15.9. The molecule has 1 aliphatic heterocycles. The Morgan fingerprint density at radius 2 is 2.32 bits per heavy atom. The summed E-state index contributed by atoms with van der Waals surface area (Å²) in [5.74, 6) is -0.0702. The summed E-state index contributed by atoms with van der Waals surface area (Å²) in [5, 5.41) is 6.20. The van der Waals surface area contributed by atoms with E-state index in [1.165, 1.54) is 12.1 Å². The number of piperidine rings is 1. The van der Waals surface area contributed by atoms with E-state index in [1.807, 2.05) is 6.92 Å². The van der Waals surface area contributed by atoms with Gasteiger partial charge in [-0.2, -0.15) is 0 Å². The molecule has 1 atom stereocenters. The van der Waals surface area contributed by atoms with Crippen molar-refractivity contribution in [2.45, 2.75) is 19.8 Å². The van der Waals surface area contributed by atoms with E-state index in [9.17, 15) is 9.18 Å². The second-order valence-electron chi connectivity index (χ2n) is 4.88. The first-order valence-corrected chi connectivity index (χ1v) is 6.42. The number of hydrogen-bond acceptors (Lipinski definition) is 2. The van der Waals surface area contributed by atoms with Crippen LogP contribution in [0.15, 0.2) is 18.2 Å². The van der Waals surface area contributed by atoms with Crippen molar-refractivity contribution in [3.8, 4) is 0 Å². The Labute approximate surface area is 119 Å². The number of amides is 1. The number of rotatable bonds is 3. The molecule has 0 aliphatic carbocycles. The van der Waals surface area contributed by atoms with Crippen LogP contribution in [-0.4, -0.2) is 25.5 Å². The fourth-order valence-electron chi connectivity index (χ4n) is 2.27. The summed E-state index contributed by atoms with van der Waals surface area (Å²) >= 11 is 0. The van der Waals surface area contributed by atoms with E-state index in [1.54, 1.807) is 6.07 Å². The lowest BCUT2D eigenvalue weighted by Gasteiger charge is -2.23. The van der Waals surface area contributed by atoms with Gasteiger partial charge in [0.05, 0.1) is 0 Å². The molecule has 1 aromatic rings. The Balaban J connectivity index is 0.00000180. The van der Waals surface area contributed by atoms with E-state index in [4.69, 9.17) is 0 Å². The zero-order valence-corrected chi connectivity index (χ0v) is 11.9. The zero-order valence-electron chi connectivity index (χ0n) is 11.0. The highest BCUT2D eigenvalue weighted by molar-refractivity contribution is 5.95. The molecular formula is C14H20ClFN2O. The Bertz CT molecular complexity index is 433. The van der Waals surface area contributed by atoms with Gasteiger partial charge in [0.2, 0.25) is 0 Å². The molecule has 106 valence electrons. The summed E-state index contributed by atoms with van der Waals surface area (Å²) in [6.07, 6.45) is 2.29. The molecule has 5 heteroatoms. The van der Waals surface area contributed by atoms with Gasteiger partial charge in [0.15, 0.2) is 0 Å². The van der Waals surface area contributed by atoms with Crippen LogP contribution in [0.5, 0.6) is 0 Å². The third-order valence-electron chi connectivity index (χ3n) is 3.39. The third-order valence-corrected chi connectivity index (χ3v) is 3.39. The predicted molar refractivity (Wildman–Crippen MR) is 76.3 cm³/mol. The molecule has 19 heavy (non-hydrogen) atoms. The van der Waals surface area contributed by atoms with E-state index < -0.39 is 0 Å². The van der Waals surface area contributed by atoms with Crippen molar-refractivity contribution >= 4 is 18.3 Å². The minimum absolute atomic E-state index is 0. The summed E-state index contributed by atoms with van der Waals surface area (Å²) in [6, 6.07) is 4.30. The maximum Gasteiger partial charge on any atom is 0.251 e. The van der Waals surface area contributed by atoms with E-state index in [2.05, 4.69) is 10.6 Å². The second kappa shape index (κ2) is 7.46. The van der Waals surface area contributed by atoms with Crippen LogP contribution in [0.25, 0.3) is 0 Å². The predicted octanol–water partition coefficient (Wildman–Crippen LogP) is 2.29. The van der Waals surface area contributed by atoms with Crippen molar-refractivity contribution in [3.05, 3.63) is 35.1 Å². The standard InChI is InChI=1S/C14H19FN2O.ClH/c1-10-4-5-12(15)7-13(10)14(18)17-9-11-3-2-6-16-8-11;/h4-5,7,11,16H,2-3,6,8-9H2,1H3,(H,17,18);1H. The minimum atomic E-state index is -0.370. The average molecular weight is 287 g/mol. The van der Waals surface area contributed by atoms with Gasteiger partial charge in [-0.25, -0.2) is 4.39 Å². The van der Waals surface area contributed by atoms with Gasteiger partial charge >= 0.3 is 0 Å². The highest BCUT2D eigenvalue weighted by Crippen LogP contribution is 2.12. The lowest BCUT2D eigenvalue weighted by atomic mass is 9.99. The molecule has 1 heterocycles. The molecule has 0 aromatic heterocycles. The maximum absolute atomic E-state index is 13.1. The lowest BCUT2D eigenvalue weighted by molar-refractivity contribution is 0.0943. The van der Waals surface area contributed by atoms with Gasteiger partial charge in [-0.05, 0) is 56.5 Å². The number of hydrogen-bond donors (Lipinski definition) is 2. The Kier molecular flexibility index (Phi) is 6.25. The summed E-state index contributed by atoms with van der Waals surface area (Å²) in [6.45, 7) is 4.48. The van der Waals surface area contributed by atoms with Crippen LogP contribution in [0.3, 0.4) is 0 Å². The smallest absolute Gasteiger partial charge is 0.251 e. The number of aryl methyl sites for hydroxylation is 1. The highest BCUT2D eigenvalue weighted by Gasteiger charge is 2.15. The molecule has 1 aromatic carbocycles. The molecular weight excluding hydrogens is 267 g/mol. The molecule has 0 spiro atoms. The quantitative estimate of drug-likeness (QED) is 0.895. The Morgan fingerprint density at radius 3 is 3.00 bits per heavy atom. The highest BCUT2D eigenvalue weighted by atomic mass is 35.5. The summed E-state index contributed by atoms with van der Waals surface area (Å²) in [5.41, 5.74) is 1.23. The molecule has 0 radical (unpaired) electrons.